The normalized spacial score (nSPS) is 19.5. The zero-order valence-corrected chi connectivity index (χ0v) is 12.8. The Morgan fingerprint density at radius 1 is 1.40 bits per heavy atom. The molecule has 1 aromatic heterocycles. The standard InChI is InChI=1S/C13H17NO4S2/c1-8-12(6-11(19-8)13(15)16)20(17,18)14(10-4-5-10)7-9-2-3-9/h6,9-10H,2-5,7H2,1H3,(H,15,16). The molecule has 0 spiro atoms. The van der Waals surface area contributed by atoms with Gasteiger partial charge in [0.25, 0.3) is 0 Å². The molecule has 20 heavy (non-hydrogen) atoms. The van der Waals surface area contributed by atoms with Crippen LogP contribution in [0, 0.1) is 12.8 Å². The van der Waals surface area contributed by atoms with Crippen LogP contribution in [0.15, 0.2) is 11.0 Å². The van der Waals surface area contributed by atoms with Crippen LogP contribution in [0.25, 0.3) is 0 Å². The van der Waals surface area contributed by atoms with Crippen molar-refractivity contribution < 1.29 is 18.3 Å². The van der Waals surface area contributed by atoms with Gasteiger partial charge in [0.15, 0.2) is 0 Å². The van der Waals surface area contributed by atoms with Crippen molar-refractivity contribution in [2.75, 3.05) is 6.54 Å². The molecule has 0 unspecified atom stereocenters. The fourth-order valence-electron chi connectivity index (χ4n) is 2.31. The molecule has 1 N–H and O–H groups in total. The van der Waals surface area contributed by atoms with Gasteiger partial charge in [-0.3, -0.25) is 0 Å². The van der Waals surface area contributed by atoms with Crippen LogP contribution in [0.5, 0.6) is 0 Å². The van der Waals surface area contributed by atoms with Crippen molar-refractivity contribution in [3.05, 3.63) is 15.8 Å². The maximum atomic E-state index is 12.8. The molecule has 0 bridgehead atoms. The third-order valence-electron chi connectivity index (χ3n) is 3.76. The number of sulfonamides is 1. The van der Waals surface area contributed by atoms with E-state index in [4.69, 9.17) is 5.11 Å². The predicted octanol–water partition coefficient (Wildman–Crippen LogP) is 2.32. The lowest BCUT2D eigenvalue weighted by Crippen LogP contribution is -2.35. The minimum absolute atomic E-state index is 0.0863. The first-order valence-corrected chi connectivity index (χ1v) is 9.01. The number of nitrogens with zero attached hydrogens (tertiary/aromatic N) is 1. The molecule has 0 saturated heterocycles. The van der Waals surface area contributed by atoms with Gasteiger partial charge in [0, 0.05) is 17.5 Å². The summed E-state index contributed by atoms with van der Waals surface area (Å²) in [6.07, 6.45) is 4.03. The molecule has 0 amide bonds. The fraction of sp³-hybridized carbons (Fsp3) is 0.615. The van der Waals surface area contributed by atoms with Crippen molar-refractivity contribution in [2.45, 2.75) is 43.5 Å². The highest BCUT2D eigenvalue weighted by Gasteiger charge is 2.42. The van der Waals surface area contributed by atoms with Gasteiger partial charge >= 0.3 is 5.97 Å². The van der Waals surface area contributed by atoms with Crippen molar-refractivity contribution in [3.63, 3.8) is 0 Å². The van der Waals surface area contributed by atoms with Crippen molar-refractivity contribution in [3.8, 4) is 0 Å². The molecule has 3 rings (SSSR count). The average molecular weight is 315 g/mol. The molecular weight excluding hydrogens is 298 g/mol. The number of thiophene rings is 1. The molecule has 2 fully saturated rings. The molecule has 1 heterocycles. The van der Waals surface area contributed by atoms with E-state index in [-0.39, 0.29) is 15.8 Å². The highest BCUT2D eigenvalue weighted by molar-refractivity contribution is 7.89. The van der Waals surface area contributed by atoms with Crippen molar-refractivity contribution in [1.29, 1.82) is 0 Å². The quantitative estimate of drug-likeness (QED) is 0.874. The van der Waals surface area contributed by atoms with Crippen LogP contribution < -0.4 is 0 Å². The number of aromatic carboxylic acids is 1. The summed E-state index contributed by atoms with van der Waals surface area (Å²) in [7, 11) is -3.56. The Morgan fingerprint density at radius 3 is 2.50 bits per heavy atom. The Kier molecular flexibility index (Phi) is 3.38. The Balaban J connectivity index is 1.94. The third kappa shape index (κ3) is 2.62. The lowest BCUT2D eigenvalue weighted by molar-refractivity contribution is 0.0702. The van der Waals surface area contributed by atoms with Gasteiger partial charge in [-0.2, -0.15) is 4.31 Å². The number of rotatable bonds is 6. The molecule has 2 aliphatic carbocycles. The monoisotopic (exact) mass is 315 g/mol. The topological polar surface area (TPSA) is 74.7 Å². The van der Waals surface area contributed by atoms with E-state index in [0.717, 1.165) is 37.0 Å². The van der Waals surface area contributed by atoms with Gasteiger partial charge in [0.05, 0.1) is 4.90 Å². The van der Waals surface area contributed by atoms with Gasteiger partial charge in [-0.15, -0.1) is 11.3 Å². The number of carbonyl (C=O) groups is 1. The van der Waals surface area contributed by atoms with E-state index in [9.17, 15) is 13.2 Å². The number of carboxylic acids is 1. The van der Waals surface area contributed by atoms with Crippen LogP contribution in [0.4, 0.5) is 0 Å². The van der Waals surface area contributed by atoms with Crippen molar-refractivity contribution in [1.82, 2.24) is 4.31 Å². The molecular formula is C13H17NO4S2. The molecule has 0 atom stereocenters. The largest absolute Gasteiger partial charge is 0.477 e. The Bertz CT molecular complexity index is 641. The summed E-state index contributed by atoms with van der Waals surface area (Å²) in [6, 6.07) is 1.42. The Hall–Kier alpha value is -0.920. The fourth-order valence-corrected chi connectivity index (χ4v) is 5.48. The van der Waals surface area contributed by atoms with Crippen molar-refractivity contribution in [2.24, 2.45) is 5.92 Å². The Morgan fingerprint density at radius 2 is 2.05 bits per heavy atom. The summed E-state index contributed by atoms with van der Waals surface area (Å²) in [6.45, 7) is 2.26. The van der Waals surface area contributed by atoms with Crippen LogP contribution in [-0.4, -0.2) is 36.4 Å². The van der Waals surface area contributed by atoms with Gasteiger partial charge in [-0.05, 0) is 44.6 Å². The van der Waals surface area contributed by atoms with E-state index in [2.05, 4.69) is 0 Å². The molecule has 110 valence electrons. The maximum absolute atomic E-state index is 12.8. The summed E-state index contributed by atoms with van der Waals surface area (Å²) in [4.78, 5) is 11.8. The van der Waals surface area contributed by atoms with E-state index in [0.29, 0.717) is 17.3 Å². The van der Waals surface area contributed by atoms with E-state index in [1.54, 1.807) is 11.2 Å². The summed E-state index contributed by atoms with van der Waals surface area (Å²) in [5, 5.41) is 9.01. The summed E-state index contributed by atoms with van der Waals surface area (Å²) >= 11 is 1.03. The average Bonchev–Trinajstić information content (AvgIpc) is 3.25. The van der Waals surface area contributed by atoms with Crippen LogP contribution in [0.2, 0.25) is 0 Å². The maximum Gasteiger partial charge on any atom is 0.345 e. The summed E-state index contributed by atoms with van der Waals surface area (Å²) in [5.41, 5.74) is 0. The van der Waals surface area contributed by atoms with Crippen LogP contribution in [0.1, 0.15) is 40.2 Å². The second-order valence-electron chi connectivity index (χ2n) is 5.59. The molecule has 2 aliphatic rings. The van der Waals surface area contributed by atoms with Crippen LogP contribution in [0.3, 0.4) is 0 Å². The predicted molar refractivity (Wildman–Crippen MR) is 75.7 cm³/mol. The molecule has 1 aromatic rings. The second kappa shape index (κ2) is 4.82. The van der Waals surface area contributed by atoms with Crippen LogP contribution in [-0.2, 0) is 10.0 Å². The first-order chi connectivity index (χ1) is 9.39. The molecule has 0 aliphatic heterocycles. The van der Waals surface area contributed by atoms with E-state index < -0.39 is 16.0 Å². The van der Waals surface area contributed by atoms with E-state index >= 15 is 0 Å². The SMILES string of the molecule is Cc1sc(C(=O)O)cc1S(=O)(=O)N(CC1CC1)C1CC1. The van der Waals surface area contributed by atoms with Gasteiger partial charge < -0.3 is 5.11 Å². The molecule has 2 saturated carbocycles. The smallest absolute Gasteiger partial charge is 0.345 e. The second-order valence-corrected chi connectivity index (χ2v) is 8.70. The highest BCUT2D eigenvalue weighted by Crippen LogP contribution is 2.39. The van der Waals surface area contributed by atoms with Crippen LogP contribution >= 0.6 is 11.3 Å². The highest BCUT2D eigenvalue weighted by atomic mass is 32.2. The first-order valence-electron chi connectivity index (χ1n) is 6.75. The lowest BCUT2D eigenvalue weighted by atomic mass is 10.4. The Labute approximate surface area is 122 Å². The molecule has 7 heteroatoms. The van der Waals surface area contributed by atoms with E-state index in [1.165, 1.54) is 6.07 Å². The summed E-state index contributed by atoms with van der Waals surface area (Å²) in [5.74, 6) is -0.581. The molecule has 0 radical (unpaired) electrons. The third-order valence-corrected chi connectivity index (χ3v) is 6.97. The van der Waals surface area contributed by atoms with Gasteiger partial charge in [-0.25, -0.2) is 13.2 Å². The number of aryl methyl sites for hydroxylation is 1. The minimum Gasteiger partial charge on any atom is -0.477 e. The van der Waals surface area contributed by atoms with Crippen molar-refractivity contribution >= 4 is 27.3 Å². The lowest BCUT2D eigenvalue weighted by Gasteiger charge is -2.21. The zero-order chi connectivity index (χ0) is 14.5. The minimum atomic E-state index is -3.56. The molecule has 0 aromatic carbocycles. The summed E-state index contributed by atoms with van der Waals surface area (Å²) < 4.78 is 27.1. The van der Waals surface area contributed by atoms with Gasteiger partial charge in [0.1, 0.15) is 4.88 Å². The zero-order valence-electron chi connectivity index (χ0n) is 11.2. The van der Waals surface area contributed by atoms with Gasteiger partial charge in [-0.1, -0.05) is 0 Å². The first kappa shape index (κ1) is 14.0. The molecule has 5 nitrogen and oxygen atoms in total. The van der Waals surface area contributed by atoms with Gasteiger partial charge in [0.2, 0.25) is 10.0 Å². The number of hydrogen-bond donors (Lipinski definition) is 1. The number of hydrogen-bond acceptors (Lipinski definition) is 4. The van der Waals surface area contributed by atoms with E-state index in [1.807, 2.05) is 0 Å². The number of carboxylic acid groups (broad SMARTS) is 1.